The molecule has 0 fully saturated rings. The van der Waals surface area contributed by atoms with Gasteiger partial charge in [-0.25, -0.2) is 13.6 Å². The molecule has 0 aliphatic heterocycles. The number of benzene rings is 1. The number of nitrogens with two attached hydrogens (primary N) is 1. The molecule has 7 heteroatoms. The topological polar surface area (TPSA) is 98.5 Å². The Morgan fingerprint density at radius 2 is 1.94 bits per heavy atom. The summed E-state index contributed by atoms with van der Waals surface area (Å²) in [6.45, 7) is 3.19. The van der Waals surface area contributed by atoms with Gasteiger partial charge in [0.15, 0.2) is 6.61 Å². The van der Waals surface area contributed by atoms with Crippen molar-refractivity contribution in [1.29, 1.82) is 0 Å². The second-order valence-electron chi connectivity index (χ2n) is 3.89. The van der Waals surface area contributed by atoms with Crippen LogP contribution in [0.25, 0.3) is 0 Å². The van der Waals surface area contributed by atoms with Crippen molar-refractivity contribution >= 4 is 15.9 Å². The van der Waals surface area contributed by atoms with Crippen molar-refractivity contribution in [3.63, 3.8) is 0 Å². The molecule has 0 saturated heterocycles. The predicted octanol–water partition coefficient (Wildman–Crippen LogP) is 0.0756. The molecule has 0 spiro atoms. The van der Waals surface area contributed by atoms with Crippen molar-refractivity contribution in [2.75, 3.05) is 13.7 Å². The lowest BCUT2D eigenvalue weighted by atomic mass is 10.1. The van der Waals surface area contributed by atoms with Gasteiger partial charge >= 0.3 is 0 Å². The number of amides is 1. The Hall–Kier alpha value is -1.60. The summed E-state index contributed by atoms with van der Waals surface area (Å²) in [6, 6.07) is 2.99. The maximum atomic E-state index is 11.3. The van der Waals surface area contributed by atoms with Crippen molar-refractivity contribution in [3.8, 4) is 5.75 Å². The summed E-state index contributed by atoms with van der Waals surface area (Å²) in [4.78, 5) is 11.1. The molecule has 100 valence electrons. The van der Waals surface area contributed by atoms with E-state index in [0.717, 1.165) is 0 Å². The van der Waals surface area contributed by atoms with Crippen LogP contribution < -0.4 is 15.2 Å². The van der Waals surface area contributed by atoms with Crippen molar-refractivity contribution in [1.82, 2.24) is 5.32 Å². The van der Waals surface area contributed by atoms with E-state index < -0.39 is 10.0 Å². The average Bonchev–Trinajstić information content (AvgIpc) is 2.27. The van der Waals surface area contributed by atoms with Gasteiger partial charge in [0.05, 0.1) is 4.90 Å². The molecule has 0 aliphatic rings. The number of likely N-dealkylation sites (N-methyl/N-ethyl adjacent to an activating group) is 1. The van der Waals surface area contributed by atoms with Gasteiger partial charge in [0.2, 0.25) is 10.0 Å². The van der Waals surface area contributed by atoms with Crippen LogP contribution in [0.1, 0.15) is 11.1 Å². The lowest BCUT2D eigenvalue weighted by Crippen LogP contribution is -2.25. The van der Waals surface area contributed by atoms with Crippen LogP contribution in [0.2, 0.25) is 0 Å². The number of hydrogen-bond acceptors (Lipinski definition) is 4. The summed E-state index contributed by atoms with van der Waals surface area (Å²) in [5.74, 6) is 0.200. The lowest BCUT2D eigenvalue weighted by Gasteiger charge is -2.11. The molecular weight excluding hydrogens is 256 g/mol. The monoisotopic (exact) mass is 272 g/mol. The van der Waals surface area contributed by atoms with E-state index in [1.807, 2.05) is 0 Å². The summed E-state index contributed by atoms with van der Waals surface area (Å²) in [5, 5.41) is 7.51. The van der Waals surface area contributed by atoms with E-state index in [2.05, 4.69) is 5.32 Å². The van der Waals surface area contributed by atoms with Crippen LogP contribution in [0.15, 0.2) is 17.0 Å². The summed E-state index contributed by atoms with van der Waals surface area (Å²) >= 11 is 0. The maximum Gasteiger partial charge on any atom is 0.257 e. The van der Waals surface area contributed by atoms with Crippen LogP contribution in [0.5, 0.6) is 5.75 Å². The summed E-state index contributed by atoms with van der Waals surface area (Å²) in [5.41, 5.74) is 1.09. The van der Waals surface area contributed by atoms with Gasteiger partial charge in [0.1, 0.15) is 5.75 Å². The SMILES string of the molecule is CNC(=O)COc1cc(C)c(S(N)(=O)=O)cc1C. The highest BCUT2D eigenvalue weighted by Gasteiger charge is 2.14. The molecule has 0 aromatic heterocycles. The molecule has 1 rings (SSSR count). The minimum Gasteiger partial charge on any atom is -0.483 e. The first-order valence-electron chi connectivity index (χ1n) is 5.23. The van der Waals surface area contributed by atoms with Gasteiger partial charge in [-0.05, 0) is 37.1 Å². The van der Waals surface area contributed by atoms with E-state index in [1.165, 1.54) is 13.1 Å². The third kappa shape index (κ3) is 3.44. The molecule has 0 atom stereocenters. The van der Waals surface area contributed by atoms with E-state index in [0.29, 0.717) is 16.9 Å². The third-order valence-electron chi connectivity index (χ3n) is 2.42. The first kappa shape index (κ1) is 14.5. The molecule has 1 amide bonds. The van der Waals surface area contributed by atoms with E-state index >= 15 is 0 Å². The highest BCUT2D eigenvalue weighted by Crippen LogP contribution is 2.25. The molecule has 0 radical (unpaired) electrons. The largest absolute Gasteiger partial charge is 0.483 e. The second kappa shape index (κ2) is 5.36. The third-order valence-corrected chi connectivity index (χ3v) is 3.47. The predicted molar refractivity (Wildman–Crippen MR) is 66.9 cm³/mol. The van der Waals surface area contributed by atoms with E-state index in [9.17, 15) is 13.2 Å². The number of sulfonamides is 1. The summed E-state index contributed by atoms with van der Waals surface area (Å²) in [7, 11) is -2.24. The normalized spacial score (nSPS) is 11.1. The maximum absolute atomic E-state index is 11.3. The highest BCUT2D eigenvalue weighted by molar-refractivity contribution is 7.89. The van der Waals surface area contributed by atoms with Gasteiger partial charge in [0, 0.05) is 7.05 Å². The zero-order valence-corrected chi connectivity index (χ0v) is 11.3. The number of ether oxygens (including phenoxy) is 1. The molecule has 18 heavy (non-hydrogen) atoms. The summed E-state index contributed by atoms with van der Waals surface area (Å²) in [6.07, 6.45) is 0. The molecule has 3 N–H and O–H groups in total. The van der Waals surface area contributed by atoms with Gasteiger partial charge in [-0.3, -0.25) is 4.79 Å². The second-order valence-corrected chi connectivity index (χ2v) is 5.42. The van der Waals surface area contributed by atoms with Crippen molar-refractivity contribution in [2.45, 2.75) is 18.7 Å². The first-order chi connectivity index (χ1) is 8.25. The van der Waals surface area contributed by atoms with E-state index in [1.54, 1.807) is 19.9 Å². The van der Waals surface area contributed by atoms with E-state index in [4.69, 9.17) is 9.88 Å². The number of carbonyl (C=O) groups is 1. The number of hydrogen-bond donors (Lipinski definition) is 2. The molecule has 1 aromatic rings. The summed E-state index contributed by atoms with van der Waals surface area (Å²) < 4.78 is 27.9. The molecule has 0 saturated carbocycles. The minimum atomic E-state index is -3.74. The van der Waals surface area contributed by atoms with Crippen LogP contribution in [-0.4, -0.2) is 28.0 Å². The average molecular weight is 272 g/mol. The Labute approximate surface area is 106 Å². The van der Waals surface area contributed by atoms with Crippen LogP contribution in [-0.2, 0) is 14.8 Å². The fraction of sp³-hybridized carbons (Fsp3) is 0.364. The smallest absolute Gasteiger partial charge is 0.257 e. The number of nitrogens with one attached hydrogen (secondary N) is 1. The molecule has 0 aliphatic carbocycles. The minimum absolute atomic E-state index is 0.0623. The molecule has 0 bridgehead atoms. The van der Waals surface area contributed by atoms with Crippen LogP contribution >= 0.6 is 0 Å². The first-order valence-corrected chi connectivity index (χ1v) is 6.77. The van der Waals surface area contributed by atoms with Gasteiger partial charge in [-0.2, -0.15) is 0 Å². The number of rotatable bonds is 4. The fourth-order valence-corrected chi connectivity index (χ4v) is 2.29. The number of aryl methyl sites for hydroxylation is 2. The Kier molecular flexibility index (Phi) is 4.31. The highest BCUT2D eigenvalue weighted by atomic mass is 32.2. The van der Waals surface area contributed by atoms with Gasteiger partial charge in [0.25, 0.3) is 5.91 Å². The van der Waals surface area contributed by atoms with Gasteiger partial charge in [-0.1, -0.05) is 0 Å². The molecule has 0 heterocycles. The van der Waals surface area contributed by atoms with Crippen molar-refractivity contribution in [2.24, 2.45) is 5.14 Å². The number of carbonyl (C=O) groups excluding carboxylic acids is 1. The Morgan fingerprint density at radius 1 is 1.33 bits per heavy atom. The number of primary sulfonamides is 1. The van der Waals surface area contributed by atoms with E-state index in [-0.39, 0.29) is 17.4 Å². The Bertz CT molecular complexity index is 567. The Balaban J connectivity index is 3.05. The molecule has 0 unspecified atom stereocenters. The Morgan fingerprint density at radius 3 is 2.44 bits per heavy atom. The van der Waals surface area contributed by atoms with Gasteiger partial charge < -0.3 is 10.1 Å². The van der Waals surface area contributed by atoms with Gasteiger partial charge in [-0.15, -0.1) is 0 Å². The molecule has 6 nitrogen and oxygen atoms in total. The zero-order valence-electron chi connectivity index (χ0n) is 10.5. The van der Waals surface area contributed by atoms with Crippen LogP contribution in [0.3, 0.4) is 0 Å². The molecule has 1 aromatic carbocycles. The standard InChI is InChI=1S/C11H16N2O4S/c1-7-5-10(18(12,15)16)8(2)4-9(7)17-6-11(14)13-3/h4-5H,6H2,1-3H3,(H,13,14)(H2,12,15,16). The van der Waals surface area contributed by atoms with Crippen molar-refractivity contribution < 1.29 is 17.9 Å². The van der Waals surface area contributed by atoms with Crippen molar-refractivity contribution in [3.05, 3.63) is 23.3 Å². The van der Waals surface area contributed by atoms with Crippen LogP contribution in [0.4, 0.5) is 0 Å². The molecular formula is C11H16N2O4S. The quantitative estimate of drug-likeness (QED) is 0.810. The fourth-order valence-electron chi connectivity index (χ4n) is 1.44. The lowest BCUT2D eigenvalue weighted by molar-refractivity contribution is -0.122. The zero-order chi connectivity index (χ0) is 13.9. The van der Waals surface area contributed by atoms with Crippen LogP contribution in [0, 0.1) is 13.8 Å².